The lowest BCUT2D eigenvalue weighted by atomic mass is 10.1. The Morgan fingerprint density at radius 2 is 1.79 bits per heavy atom. The first-order chi connectivity index (χ1) is 11.6. The topological polar surface area (TPSA) is 82.3 Å². The molecule has 2 N–H and O–H groups in total. The maximum Gasteiger partial charge on any atom is 0.307 e. The summed E-state index contributed by atoms with van der Waals surface area (Å²) in [6.45, 7) is 0. The average molecular weight is 340 g/mol. The van der Waals surface area contributed by atoms with Gasteiger partial charge in [0.05, 0.1) is 21.6 Å². The van der Waals surface area contributed by atoms with Crippen molar-refractivity contribution < 1.29 is 14.3 Å². The maximum atomic E-state index is 12.1. The highest BCUT2D eigenvalue weighted by atomic mass is 32.1. The molecule has 122 valence electrons. The number of benzene rings is 2. The van der Waals surface area contributed by atoms with Crippen LogP contribution in [0.25, 0.3) is 10.2 Å². The summed E-state index contributed by atoms with van der Waals surface area (Å²) in [6.07, 6.45) is -0.441. The second-order valence-electron chi connectivity index (χ2n) is 5.26. The number of thiazole rings is 1. The molecule has 0 aliphatic carbocycles. The molecule has 0 saturated heterocycles. The highest BCUT2D eigenvalue weighted by Crippen LogP contribution is 2.23. The number of esters is 1. The number of rotatable bonds is 6. The third-order valence-corrected chi connectivity index (χ3v) is 4.59. The van der Waals surface area contributed by atoms with Crippen molar-refractivity contribution in [2.45, 2.75) is 18.9 Å². The van der Waals surface area contributed by atoms with Gasteiger partial charge in [-0.1, -0.05) is 42.5 Å². The predicted molar refractivity (Wildman–Crippen MR) is 92.4 cm³/mol. The van der Waals surface area contributed by atoms with Crippen LogP contribution in [0.2, 0.25) is 0 Å². The molecule has 1 aromatic heterocycles. The molecule has 0 radical (unpaired) electrons. The Morgan fingerprint density at radius 3 is 2.50 bits per heavy atom. The summed E-state index contributed by atoms with van der Waals surface area (Å²) in [7, 11) is 0. The third-order valence-electron chi connectivity index (χ3n) is 3.49. The van der Waals surface area contributed by atoms with Gasteiger partial charge in [0.15, 0.2) is 0 Å². The minimum atomic E-state index is -1.06. The van der Waals surface area contributed by atoms with Crippen molar-refractivity contribution in [2.24, 2.45) is 5.73 Å². The zero-order valence-corrected chi connectivity index (χ0v) is 13.7. The highest BCUT2D eigenvalue weighted by Gasteiger charge is 2.22. The lowest BCUT2D eigenvalue weighted by molar-refractivity contribution is -0.155. The second kappa shape index (κ2) is 7.23. The Kier molecular flexibility index (Phi) is 4.86. The Balaban J connectivity index is 1.62. The first kappa shape index (κ1) is 16.1. The van der Waals surface area contributed by atoms with Crippen LogP contribution in [0, 0.1) is 0 Å². The molecule has 1 heterocycles. The summed E-state index contributed by atoms with van der Waals surface area (Å²) >= 11 is 1.55. The monoisotopic (exact) mass is 340 g/mol. The van der Waals surface area contributed by atoms with Gasteiger partial charge in [-0.2, -0.15) is 0 Å². The van der Waals surface area contributed by atoms with Crippen molar-refractivity contribution in [1.82, 2.24) is 4.98 Å². The zero-order valence-electron chi connectivity index (χ0n) is 12.8. The van der Waals surface area contributed by atoms with E-state index >= 15 is 0 Å². The summed E-state index contributed by atoms with van der Waals surface area (Å²) < 4.78 is 6.34. The molecule has 1 atom stereocenters. The minimum absolute atomic E-state index is 0.149. The van der Waals surface area contributed by atoms with E-state index in [0.29, 0.717) is 12.0 Å². The number of aryl methyl sites for hydroxylation is 1. The fourth-order valence-corrected chi connectivity index (χ4v) is 3.31. The van der Waals surface area contributed by atoms with E-state index in [0.717, 1.165) is 15.2 Å². The molecule has 2 aromatic carbocycles. The molecule has 0 bridgehead atoms. The van der Waals surface area contributed by atoms with Crippen LogP contribution in [0.5, 0.6) is 0 Å². The highest BCUT2D eigenvalue weighted by molar-refractivity contribution is 7.18. The Bertz CT molecular complexity index is 828. The van der Waals surface area contributed by atoms with E-state index in [1.54, 1.807) is 35.6 Å². The molecule has 0 fully saturated rings. The number of primary amides is 1. The second-order valence-corrected chi connectivity index (χ2v) is 6.37. The molecular weight excluding hydrogens is 324 g/mol. The summed E-state index contributed by atoms with van der Waals surface area (Å²) in [6, 6.07) is 16.6. The van der Waals surface area contributed by atoms with Crippen molar-refractivity contribution in [2.75, 3.05) is 0 Å². The van der Waals surface area contributed by atoms with Crippen molar-refractivity contribution in [3.8, 4) is 0 Å². The molecule has 0 aliphatic heterocycles. The Labute approximate surface area is 143 Å². The fraction of sp³-hybridized carbons (Fsp3) is 0.167. The van der Waals surface area contributed by atoms with Crippen LogP contribution in [0.15, 0.2) is 54.6 Å². The normalized spacial score (nSPS) is 12.0. The van der Waals surface area contributed by atoms with Crippen LogP contribution in [-0.4, -0.2) is 16.9 Å². The molecule has 0 spiro atoms. The zero-order chi connectivity index (χ0) is 16.9. The lowest BCUT2D eigenvalue weighted by Gasteiger charge is -2.14. The van der Waals surface area contributed by atoms with Gasteiger partial charge >= 0.3 is 5.97 Å². The number of fused-ring (bicyclic) bond motifs is 1. The molecule has 0 aliphatic rings. The van der Waals surface area contributed by atoms with Gasteiger partial charge < -0.3 is 10.5 Å². The van der Waals surface area contributed by atoms with Crippen molar-refractivity contribution >= 4 is 33.4 Å². The van der Waals surface area contributed by atoms with Crippen LogP contribution in [0.3, 0.4) is 0 Å². The Morgan fingerprint density at radius 1 is 1.08 bits per heavy atom. The fourth-order valence-electron chi connectivity index (χ4n) is 2.34. The number of nitrogens with two attached hydrogens (primary N) is 1. The number of carbonyl (C=O) groups is 2. The smallest absolute Gasteiger partial charge is 0.307 e. The SMILES string of the molecule is NC(=O)C(OC(=O)CCc1nc2ccccc2s1)c1ccccc1. The lowest BCUT2D eigenvalue weighted by Crippen LogP contribution is -2.26. The van der Waals surface area contributed by atoms with Gasteiger partial charge in [-0.15, -0.1) is 11.3 Å². The van der Waals surface area contributed by atoms with Crippen LogP contribution in [0.4, 0.5) is 0 Å². The number of aromatic nitrogens is 1. The van der Waals surface area contributed by atoms with Gasteiger partial charge in [0.25, 0.3) is 5.91 Å². The van der Waals surface area contributed by atoms with Gasteiger partial charge in [0.1, 0.15) is 0 Å². The molecule has 24 heavy (non-hydrogen) atoms. The van der Waals surface area contributed by atoms with Crippen molar-refractivity contribution in [3.63, 3.8) is 0 Å². The summed E-state index contributed by atoms with van der Waals surface area (Å²) in [5.41, 5.74) is 6.84. The first-order valence-corrected chi connectivity index (χ1v) is 8.33. The first-order valence-electron chi connectivity index (χ1n) is 7.51. The number of hydrogen-bond acceptors (Lipinski definition) is 5. The van der Waals surface area contributed by atoms with Gasteiger partial charge in [0.2, 0.25) is 6.10 Å². The largest absolute Gasteiger partial charge is 0.447 e. The van der Waals surface area contributed by atoms with Crippen LogP contribution >= 0.6 is 11.3 Å². The van der Waals surface area contributed by atoms with E-state index in [-0.39, 0.29) is 6.42 Å². The predicted octanol–water partition coefficient (Wildman–Crippen LogP) is 3.00. The minimum Gasteiger partial charge on any atom is -0.447 e. The maximum absolute atomic E-state index is 12.1. The molecule has 1 unspecified atom stereocenters. The molecule has 3 rings (SSSR count). The van der Waals surface area contributed by atoms with Gasteiger partial charge in [-0.3, -0.25) is 9.59 Å². The summed E-state index contributed by atoms with van der Waals surface area (Å²) in [5.74, 6) is -1.16. The van der Waals surface area contributed by atoms with Crippen LogP contribution in [-0.2, 0) is 20.7 Å². The molecule has 3 aromatic rings. The van der Waals surface area contributed by atoms with E-state index in [2.05, 4.69) is 4.98 Å². The van der Waals surface area contributed by atoms with E-state index < -0.39 is 18.0 Å². The number of ether oxygens (including phenoxy) is 1. The Hall–Kier alpha value is -2.73. The van der Waals surface area contributed by atoms with Crippen LogP contribution in [0.1, 0.15) is 23.1 Å². The summed E-state index contributed by atoms with van der Waals surface area (Å²) in [4.78, 5) is 28.1. The number of para-hydroxylation sites is 1. The molecule has 0 saturated carbocycles. The average Bonchev–Trinajstić information content (AvgIpc) is 3.01. The van der Waals surface area contributed by atoms with Gasteiger partial charge in [0, 0.05) is 12.0 Å². The standard InChI is InChI=1S/C18H16N2O3S/c19-18(22)17(12-6-2-1-3-7-12)23-16(21)11-10-15-20-13-8-4-5-9-14(13)24-15/h1-9,17H,10-11H2,(H2,19,22). The number of hydrogen-bond donors (Lipinski definition) is 1. The van der Waals surface area contributed by atoms with Gasteiger partial charge in [-0.05, 0) is 12.1 Å². The number of nitrogens with zero attached hydrogens (tertiary/aromatic N) is 1. The van der Waals surface area contributed by atoms with Gasteiger partial charge in [-0.25, -0.2) is 4.98 Å². The van der Waals surface area contributed by atoms with E-state index in [1.165, 1.54) is 0 Å². The molecule has 6 heteroatoms. The molecular formula is C18H16N2O3S. The van der Waals surface area contributed by atoms with Crippen molar-refractivity contribution in [3.05, 3.63) is 65.2 Å². The van der Waals surface area contributed by atoms with E-state index in [1.807, 2.05) is 30.3 Å². The molecule has 1 amide bonds. The summed E-state index contributed by atoms with van der Waals surface area (Å²) in [5, 5.41) is 0.864. The quantitative estimate of drug-likeness (QED) is 0.699. The number of carbonyl (C=O) groups excluding carboxylic acids is 2. The van der Waals surface area contributed by atoms with E-state index in [9.17, 15) is 9.59 Å². The van der Waals surface area contributed by atoms with Crippen LogP contribution < -0.4 is 5.73 Å². The molecule has 5 nitrogen and oxygen atoms in total. The van der Waals surface area contributed by atoms with E-state index in [4.69, 9.17) is 10.5 Å². The third kappa shape index (κ3) is 3.78. The number of amides is 1. The van der Waals surface area contributed by atoms with Crippen molar-refractivity contribution in [1.29, 1.82) is 0 Å².